The average Bonchev–Trinajstić information content (AvgIpc) is 2.80. The minimum absolute atomic E-state index is 0.271. The first-order chi connectivity index (χ1) is 7.36. The van der Waals surface area contributed by atoms with Crippen LogP contribution in [0.1, 0.15) is 16.1 Å². The molecule has 1 aromatic heterocycles. The lowest BCUT2D eigenvalue weighted by atomic mass is 10.2. The van der Waals surface area contributed by atoms with E-state index in [1.165, 1.54) is 12.5 Å². The number of benzene rings is 1. The Morgan fingerprint density at radius 1 is 1.13 bits per heavy atom. The zero-order valence-electron chi connectivity index (χ0n) is 7.96. The molecule has 1 heterocycles. The fraction of sp³-hybridized carbons (Fsp3) is 0. The topological polar surface area (TPSA) is 42.6 Å². The van der Waals surface area contributed by atoms with E-state index in [-0.39, 0.29) is 5.91 Å². The van der Waals surface area contributed by atoms with Crippen LogP contribution in [0.2, 0.25) is 0 Å². The third kappa shape index (κ3) is 2.40. The molecule has 3 heteroatoms. The number of furan rings is 1. The van der Waals surface area contributed by atoms with Crippen molar-refractivity contribution in [3.8, 4) is 0 Å². The highest BCUT2D eigenvalue weighted by atomic mass is 16.3. The van der Waals surface area contributed by atoms with Crippen molar-refractivity contribution in [1.29, 1.82) is 0 Å². The van der Waals surface area contributed by atoms with Crippen LogP contribution < -0.4 is 0 Å². The van der Waals surface area contributed by atoms with Crippen molar-refractivity contribution in [1.82, 2.24) is 0 Å². The first-order valence-electron chi connectivity index (χ1n) is 4.53. The maximum atomic E-state index is 11.5. The molecule has 3 nitrogen and oxygen atoms in total. The summed E-state index contributed by atoms with van der Waals surface area (Å²) in [6.45, 7) is 0. The number of amides is 1. The van der Waals surface area contributed by atoms with Gasteiger partial charge in [-0.15, -0.1) is 0 Å². The van der Waals surface area contributed by atoms with Gasteiger partial charge in [0.2, 0.25) is 0 Å². The lowest BCUT2D eigenvalue weighted by Crippen LogP contribution is -1.94. The number of aliphatic imine (C=N–C) groups is 1. The molecule has 0 aliphatic rings. The molecule has 0 saturated heterocycles. The summed E-state index contributed by atoms with van der Waals surface area (Å²) in [5, 5.41) is 0. The number of rotatable bonds is 2. The first kappa shape index (κ1) is 9.40. The highest BCUT2D eigenvalue weighted by Crippen LogP contribution is 2.01. The average molecular weight is 199 g/mol. The summed E-state index contributed by atoms with van der Waals surface area (Å²) in [6.07, 6.45) is 2.95. The molecule has 0 fully saturated rings. The van der Waals surface area contributed by atoms with Crippen LogP contribution in [-0.2, 0) is 0 Å². The molecule has 15 heavy (non-hydrogen) atoms. The maximum Gasteiger partial charge on any atom is 0.277 e. The predicted octanol–water partition coefficient (Wildman–Crippen LogP) is 2.54. The summed E-state index contributed by atoms with van der Waals surface area (Å²) in [5.41, 5.74) is 0.570. The lowest BCUT2D eigenvalue weighted by Gasteiger charge is -1.92. The molecule has 0 aliphatic carbocycles. The van der Waals surface area contributed by atoms with Crippen LogP contribution in [0.4, 0.5) is 0 Å². The minimum atomic E-state index is -0.271. The summed E-state index contributed by atoms with van der Waals surface area (Å²) in [5.74, 6) is 0.297. The molecule has 0 radical (unpaired) electrons. The molecule has 0 atom stereocenters. The summed E-state index contributed by atoms with van der Waals surface area (Å²) in [7, 11) is 0. The zero-order valence-corrected chi connectivity index (χ0v) is 7.96. The Hall–Kier alpha value is -2.16. The van der Waals surface area contributed by atoms with Crippen LogP contribution in [0.5, 0.6) is 0 Å². The highest BCUT2D eigenvalue weighted by Gasteiger charge is 2.00. The third-order valence-corrected chi connectivity index (χ3v) is 1.87. The molecular weight excluding hydrogens is 190 g/mol. The molecule has 2 aromatic rings. The second-order valence-electron chi connectivity index (χ2n) is 2.94. The van der Waals surface area contributed by atoms with Gasteiger partial charge in [-0.05, 0) is 24.3 Å². The normalized spacial score (nSPS) is 10.7. The van der Waals surface area contributed by atoms with Crippen LogP contribution in [0.25, 0.3) is 0 Å². The fourth-order valence-electron chi connectivity index (χ4n) is 1.14. The lowest BCUT2D eigenvalue weighted by molar-refractivity contribution is 0.100. The molecule has 0 aliphatic heterocycles. The van der Waals surface area contributed by atoms with Crippen LogP contribution in [0.3, 0.4) is 0 Å². The Bertz CT molecular complexity index is 458. The first-order valence-corrected chi connectivity index (χ1v) is 4.53. The number of carbonyl (C=O) groups excluding carboxylic acids is 1. The molecule has 0 bridgehead atoms. The molecule has 1 amide bonds. The van der Waals surface area contributed by atoms with E-state index in [0.29, 0.717) is 11.3 Å². The van der Waals surface area contributed by atoms with Gasteiger partial charge in [0.15, 0.2) is 0 Å². The summed E-state index contributed by atoms with van der Waals surface area (Å²) in [6, 6.07) is 12.4. The van der Waals surface area contributed by atoms with Crippen molar-refractivity contribution in [2.75, 3.05) is 0 Å². The number of hydrogen-bond acceptors (Lipinski definition) is 2. The fourth-order valence-corrected chi connectivity index (χ4v) is 1.14. The number of nitrogens with zero attached hydrogens (tertiary/aromatic N) is 1. The molecule has 0 saturated carbocycles. The van der Waals surface area contributed by atoms with Gasteiger partial charge >= 0.3 is 0 Å². The molecule has 0 spiro atoms. The summed E-state index contributed by atoms with van der Waals surface area (Å²) >= 11 is 0. The molecule has 0 unspecified atom stereocenters. The Labute approximate surface area is 87.1 Å². The van der Waals surface area contributed by atoms with Gasteiger partial charge in [0.05, 0.1) is 12.5 Å². The standard InChI is InChI=1S/C12H9NO2/c14-12(10-5-2-1-3-6-10)13-9-11-7-4-8-15-11/h1-9H. The second-order valence-corrected chi connectivity index (χ2v) is 2.94. The van der Waals surface area contributed by atoms with Crippen molar-refractivity contribution >= 4 is 12.1 Å². The van der Waals surface area contributed by atoms with Gasteiger partial charge in [-0.1, -0.05) is 18.2 Å². The molecule has 0 N–H and O–H groups in total. The maximum absolute atomic E-state index is 11.5. The van der Waals surface area contributed by atoms with E-state index in [9.17, 15) is 4.79 Å². The second kappa shape index (κ2) is 4.37. The van der Waals surface area contributed by atoms with Crippen LogP contribution in [0, 0.1) is 0 Å². The largest absolute Gasteiger partial charge is 0.463 e. The van der Waals surface area contributed by atoms with Gasteiger partial charge in [0.25, 0.3) is 5.91 Å². The Morgan fingerprint density at radius 3 is 2.60 bits per heavy atom. The van der Waals surface area contributed by atoms with Crippen molar-refractivity contribution in [2.45, 2.75) is 0 Å². The molecular formula is C12H9NO2. The Balaban J connectivity index is 2.11. The van der Waals surface area contributed by atoms with Crippen LogP contribution in [0.15, 0.2) is 58.1 Å². The quantitative estimate of drug-likeness (QED) is 0.697. The van der Waals surface area contributed by atoms with E-state index >= 15 is 0 Å². The molecule has 2 rings (SSSR count). The molecule has 74 valence electrons. The predicted molar refractivity (Wildman–Crippen MR) is 57.1 cm³/mol. The van der Waals surface area contributed by atoms with E-state index in [2.05, 4.69) is 4.99 Å². The smallest absolute Gasteiger partial charge is 0.277 e. The minimum Gasteiger partial charge on any atom is -0.463 e. The van der Waals surface area contributed by atoms with Crippen molar-refractivity contribution in [3.63, 3.8) is 0 Å². The van der Waals surface area contributed by atoms with Crippen LogP contribution >= 0.6 is 0 Å². The third-order valence-electron chi connectivity index (χ3n) is 1.87. The SMILES string of the molecule is O=C(N=Cc1ccco1)c1ccccc1. The van der Waals surface area contributed by atoms with Gasteiger partial charge in [-0.25, -0.2) is 4.99 Å². The van der Waals surface area contributed by atoms with Crippen LogP contribution in [-0.4, -0.2) is 12.1 Å². The van der Waals surface area contributed by atoms with Gasteiger partial charge in [-0.2, -0.15) is 0 Å². The Kier molecular flexibility index (Phi) is 2.74. The van der Waals surface area contributed by atoms with Gasteiger partial charge in [0.1, 0.15) is 5.76 Å². The molecule has 1 aromatic carbocycles. The Morgan fingerprint density at radius 2 is 1.93 bits per heavy atom. The monoisotopic (exact) mass is 199 g/mol. The summed E-state index contributed by atoms with van der Waals surface area (Å²) < 4.78 is 5.02. The van der Waals surface area contributed by atoms with Crippen molar-refractivity contribution < 1.29 is 9.21 Å². The highest BCUT2D eigenvalue weighted by molar-refractivity contribution is 6.00. The van der Waals surface area contributed by atoms with E-state index < -0.39 is 0 Å². The van der Waals surface area contributed by atoms with Crippen molar-refractivity contribution in [2.24, 2.45) is 4.99 Å². The van der Waals surface area contributed by atoms with E-state index in [1.807, 2.05) is 6.07 Å². The zero-order chi connectivity index (χ0) is 10.5. The van der Waals surface area contributed by atoms with E-state index in [4.69, 9.17) is 4.42 Å². The van der Waals surface area contributed by atoms with E-state index in [0.717, 1.165) is 0 Å². The van der Waals surface area contributed by atoms with Gasteiger partial charge in [0, 0.05) is 5.56 Å². The van der Waals surface area contributed by atoms with Crippen molar-refractivity contribution in [3.05, 3.63) is 60.1 Å². The van der Waals surface area contributed by atoms with Gasteiger partial charge < -0.3 is 4.42 Å². The number of hydrogen-bond donors (Lipinski definition) is 0. The number of carbonyl (C=O) groups is 1. The summed E-state index contributed by atoms with van der Waals surface area (Å²) in [4.78, 5) is 15.3. The van der Waals surface area contributed by atoms with E-state index in [1.54, 1.807) is 36.4 Å². The van der Waals surface area contributed by atoms with Gasteiger partial charge in [-0.3, -0.25) is 4.79 Å².